The zero-order chi connectivity index (χ0) is 22.7. The molecule has 0 aliphatic rings. The highest BCUT2D eigenvalue weighted by Gasteiger charge is 2.16. The smallest absolute Gasteiger partial charge is 0.276 e. The molecule has 2 aromatic heterocycles. The molecule has 0 bridgehead atoms. The largest absolute Gasteiger partial charge is 0.497 e. The van der Waals surface area contributed by atoms with Gasteiger partial charge in [-0.25, -0.2) is 4.98 Å². The molecule has 1 N–H and O–H groups in total. The first-order chi connectivity index (χ1) is 15.5. The van der Waals surface area contributed by atoms with Crippen LogP contribution in [0.4, 0.5) is 0 Å². The number of amides is 1. The van der Waals surface area contributed by atoms with Crippen LogP contribution in [0.25, 0.3) is 15.9 Å². The summed E-state index contributed by atoms with van der Waals surface area (Å²) in [4.78, 5) is 30.4. The standard InChI is InChI=1S/C24H23N3O3S2/c1-15-4-7-18(12-16(15)2)27-23(29)22-20(10-11-31-22)26-24(27)32-14-21(28)25-13-17-5-8-19(30-3)9-6-17/h4-12H,13-14H2,1-3H3,(H,25,28). The van der Waals surface area contributed by atoms with Crippen molar-refractivity contribution in [2.24, 2.45) is 0 Å². The van der Waals surface area contributed by atoms with Gasteiger partial charge in [0, 0.05) is 6.54 Å². The van der Waals surface area contributed by atoms with Crippen LogP contribution in [0.15, 0.2) is 63.9 Å². The fraction of sp³-hybridized carbons (Fsp3) is 0.208. The minimum absolute atomic E-state index is 0.116. The lowest BCUT2D eigenvalue weighted by molar-refractivity contribution is -0.118. The molecule has 4 rings (SSSR count). The normalized spacial score (nSPS) is 11.0. The second-order valence-corrected chi connectivity index (χ2v) is 9.21. The van der Waals surface area contributed by atoms with E-state index in [0.29, 0.717) is 21.9 Å². The molecule has 0 fully saturated rings. The molecule has 32 heavy (non-hydrogen) atoms. The van der Waals surface area contributed by atoms with E-state index in [2.05, 4.69) is 10.3 Å². The molecule has 0 unspecified atom stereocenters. The predicted octanol–water partition coefficient (Wildman–Crippen LogP) is 4.48. The van der Waals surface area contributed by atoms with Gasteiger partial charge in [0.15, 0.2) is 5.16 Å². The number of benzene rings is 2. The summed E-state index contributed by atoms with van der Waals surface area (Å²) >= 11 is 2.64. The highest BCUT2D eigenvalue weighted by molar-refractivity contribution is 7.99. The SMILES string of the molecule is COc1ccc(CNC(=O)CSc2nc3ccsc3c(=O)n2-c2ccc(C)c(C)c2)cc1. The summed E-state index contributed by atoms with van der Waals surface area (Å²) in [6.45, 7) is 4.47. The third-order valence-electron chi connectivity index (χ3n) is 5.18. The first kappa shape index (κ1) is 22.1. The first-order valence-electron chi connectivity index (χ1n) is 10.1. The Morgan fingerprint density at radius 3 is 2.62 bits per heavy atom. The van der Waals surface area contributed by atoms with Crippen LogP contribution in [0.3, 0.4) is 0 Å². The van der Waals surface area contributed by atoms with Crippen molar-refractivity contribution in [1.29, 1.82) is 0 Å². The monoisotopic (exact) mass is 465 g/mol. The van der Waals surface area contributed by atoms with Crippen LogP contribution in [0.1, 0.15) is 16.7 Å². The Bertz CT molecular complexity index is 1330. The number of fused-ring (bicyclic) bond motifs is 1. The van der Waals surface area contributed by atoms with Gasteiger partial charge in [-0.2, -0.15) is 0 Å². The second kappa shape index (κ2) is 9.58. The van der Waals surface area contributed by atoms with Crippen LogP contribution in [0, 0.1) is 13.8 Å². The number of aryl methyl sites for hydroxylation is 2. The molecule has 0 spiro atoms. The molecule has 0 aliphatic carbocycles. The summed E-state index contributed by atoms with van der Waals surface area (Å²) in [7, 11) is 1.62. The third kappa shape index (κ3) is 4.71. The van der Waals surface area contributed by atoms with Gasteiger partial charge in [0.05, 0.1) is 24.1 Å². The highest BCUT2D eigenvalue weighted by atomic mass is 32.2. The van der Waals surface area contributed by atoms with Crippen LogP contribution in [0.2, 0.25) is 0 Å². The second-order valence-electron chi connectivity index (χ2n) is 7.35. The lowest BCUT2D eigenvalue weighted by Gasteiger charge is -2.13. The van der Waals surface area contributed by atoms with E-state index in [0.717, 1.165) is 28.1 Å². The molecule has 4 aromatic rings. The van der Waals surface area contributed by atoms with E-state index in [-0.39, 0.29) is 17.2 Å². The number of hydrogen-bond acceptors (Lipinski definition) is 6. The van der Waals surface area contributed by atoms with Gasteiger partial charge < -0.3 is 10.1 Å². The number of aromatic nitrogens is 2. The zero-order valence-corrected chi connectivity index (χ0v) is 19.7. The van der Waals surface area contributed by atoms with Crippen molar-refractivity contribution in [2.75, 3.05) is 12.9 Å². The number of nitrogens with zero attached hydrogens (tertiary/aromatic N) is 2. The van der Waals surface area contributed by atoms with E-state index in [1.807, 2.05) is 67.8 Å². The van der Waals surface area contributed by atoms with Crippen molar-refractivity contribution in [1.82, 2.24) is 14.9 Å². The number of ether oxygens (including phenoxy) is 1. The number of carbonyl (C=O) groups is 1. The Kier molecular flexibility index (Phi) is 6.62. The Labute approximate surface area is 194 Å². The van der Waals surface area contributed by atoms with E-state index in [1.165, 1.54) is 23.1 Å². The number of hydrogen-bond donors (Lipinski definition) is 1. The molecule has 2 heterocycles. The minimum atomic E-state index is -0.128. The lowest BCUT2D eigenvalue weighted by Crippen LogP contribution is -2.26. The summed E-state index contributed by atoms with van der Waals surface area (Å²) in [6, 6.07) is 15.3. The lowest BCUT2D eigenvalue weighted by atomic mass is 10.1. The first-order valence-corrected chi connectivity index (χ1v) is 11.9. The summed E-state index contributed by atoms with van der Waals surface area (Å²) in [5.41, 5.74) is 4.51. The van der Waals surface area contributed by atoms with E-state index >= 15 is 0 Å². The number of thioether (sulfide) groups is 1. The fourth-order valence-corrected chi connectivity index (χ4v) is 4.81. The molecule has 6 nitrogen and oxygen atoms in total. The van der Waals surface area contributed by atoms with Gasteiger partial charge in [0.25, 0.3) is 5.56 Å². The van der Waals surface area contributed by atoms with Gasteiger partial charge in [-0.1, -0.05) is 30.0 Å². The highest BCUT2D eigenvalue weighted by Crippen LogP contribution is 2.24. The molecule has 0 aliphatic heterocycles. The van der Waals surface area contributed by atoms with Gasteiger partial charge in [0.2, 0.25) is 5.91 Å². The number of carbonyl (C=O) groups excluding carboxylic acids is 1. The van der Waals surface area contributed by atoms with Crippen molar-refractivity contribution < 1.29 is 9.53 Å². The molecule has 164 valence electrons. The molecule has 1 amide bonds. The van der Waals surface area contributed by atoms with Crippen molar-refractivity contribution in [3.63, 3.8) is 0 Å². The summed E-state index contributed by atoms with van der Waals surface area (Å²) < 4.78 is 7.37. The quantitative estimate of drug-likeness (QED) is 0.322. The van der Waals surface area contributed by atoms with Crippen LogP contribution in [0.5, 0.6) is 5.75 Å². The summed E-state index contributed by atoms with van der Waals surface area (Å²) in [5, 5.41) is 5.28. The maximum absolute atomic E-state index is 13.2. The van der Waals surface area contributed by atoms with Gasteiger partial charge in [-0.3, -0.25) is 14.2 Å². The Morgan fingerprint density at radius 2 is 1.91 bits per heavy atom. The average Bonchev–Trinajstić information content (AvgIpc) is 3.28. The number of thiophene rings is 1. The average molecular weight is 466 g/mol. The van der Waals surface area contributed by atoms with Crippen molar-refractivity contribution >= 4 is 39.2 Å². The topological polar surface area (TPSA) is 73.2 Å². The van der Waals surface area contributed by atoms with E-state index in [4.69, 9.17) is 4.74 Å². The summed E-state index contributed by atoms with van der Waals surface area (Å²) in [6.07, 6.45) is 0. The van der Waals surface area contributed by atoms with E-state index in [9.17, 15) is 9.59 Å². The van der Waals surface area contributed by atoms with Crippen molar-refractivity contribution in [2.45, 2.75) is 25.5 Å². The zero-order valence-electron chi connectivity index (χ0n) is 18.0. The summed E-state index contributed by atoms with van der Waals surface area (Å²) in [5.74, 6) is 0.801. The Hall–Kier alpha value is -3.10. The van der Waals surface area contributed by atoms with Gasteiger partial charge in [-0.05, 0) is 66.2 Å². The van der Waals surface area contributed by atoms with Crippen LogP contribution < -0.4 is 15.6 Å². The minimum Gasteiger partial charge on any atom is -0.497 e. The van der Waals surface area contributed by atoms with Gasteiger partial charge in [0.1, 0.15) is 10.4 Å². The van der Waals surface area contributed by atoms with E-state index in [1.54, 1.807) is 11.7 Å². The molecule has 0 saturated heterocycles. The van der Waals surface area contributed by atoms with Crippen molar-refractivity contribution in [3.8, 4) is 11.4 Å². The molecule has 0 saturated carbocycles. The molecule has 2 aromatic carbocycles. The fourth-order valence-electron chi connectivity index (χ4n) is 3.21. The van der Waals surface area contributed by atoms with Crippen LogP contribution >= 0.6 is 23.1 Å². The van der Waals surface area contributed by atoms with Crippen LogP contribution in [-0.2, 0) is 11.3 Å². The van der Waals surface area contributed by atoms with Gasteiger partial charge >= 0.3 is 0 Å². The number of nitrogens with one attached hydrogen (secondary N) is 1. The van der Waals surface area contributed by atoms with Crippen LogP contribution in [-0.4, -0.2) is 28.3 Å². The third-order valence-corrected chi connectivity index (χ3v) is 7.01. The number of rotatable bonds is 7. The Balaban J connectivity index is 1.54. The van der Waals surface area contributed by atoms with E-state index < -0.39 is 0 Å². The number of methoxy groups -OCH3 is 1. The molecule has 0 atom stereocenters. The Morgan fingerprint density at radius 1 is 1.12 bits per heavy atom. The van der Waals surface area contributed by atoms with Gasteiger partial charge in [-0.15, -0.1) is 11.3 Å². The maximum Gasteiger partial charge on any atom is 0.276 e. The molecular formula is C24H23N3O3S2. The predicted molar refractivity (Wildman–Crippen MR) is 130 cm³/mol. The molecule has 0 radical (unpaired) electrons. The molecule has 8 heteroatoms. The van der Waals surface area contributed by atoms with Crippen molar-refractivity contribution in [3.05, 3.63) is 81.0 Å². The maximum atomic E-state index is 13.2. The molecular weight excluding hydrogens is 442 g/mol.